The van der Waals surface area contributed by atoms with Gasteiger partial charge in [-0.3, -0.25) is 9.97 Å². The molecule has 0 atom stereocenters. The molecule has 62 heavy (non-hydrogen) atoms. The number of nitrogens with zero attached hydrogens (tertiary/aromatic N) is 4. The van der Waals surface area contributed by atoms with Crippen molar-refractivity contribution in [2.45, 2.75) is 0 Å². The average molecular weight is 844 g/mol. The van der Waals surface area contributed by atoms with E-state index in [1.54, 1.807) is 68.9 Å². The van der Waals surface area contributed by atoms with Crippen LogP contribution in [0.1, 0.15) is 11.1 Å². The Morgan fingerprint density at radius 1 is 0.613 bits per heavy atom. The molecular weight excluding hydrogens is 808 g/mol. The number of nitrogens with two attached hydrogens (primary N) is 1. The molecule has 7 aromatic rings. The van der Waals surface area contributed by atoms with E-state index < -0.39 is 23.5 Å². The topological polar surface area (TPSA) is 196 Å². The van der Waals surface area contributed by atoms with Crippen LogP contribution in [0, 0.1) is 40.1 Å². The molecule has 0 aliphatic heterocycles. The lowest BCUT2D eigenvalue weighted by atomic mass is 10.1. The normalized spacial score (nSPS) is 10.5. The first-order valence-corrected chi connectivity index (χ1v) is 18.5. The third-order valence-electron chi connectivity index (χ3n) is 8.68. The number of fused-ring (bicyclic) bond motifs is 2. The highest BCUT2D eigenvalue weighted by atomic mass is 19.1. The maximum absolute atomic E-state index is 14.7. The predicted molar refractivity (Wildman–Crippen MR) is 224 cm³/mol. The van der Waals surface area contributed by atoms with Crippen LogP contribution in [-0.2, 0) is 9.47 Å². The minimum Gasteiger partial charge on any atom is -0.490 e. The Hall–Kier alpha value is -8.12. The number of amides is 2. The summed E-state index contributed by atoms with van der Waals surface area (Å²) in [4.78, 5) is 20.7. The van der Waals surface area contributed by atoms with Gasteiger partial charge in [-0.05, 0) is 60.7 Å². The number of para-hydroxylation sites is 1. The highest BCUT2D eigenvalue weighted by Crippen LogP contribution is 2.35. The first kappa shape index (κ1) is 43.5. The SMILES string of the molecule is COCCOc1cc2nccc(Oc3ccc(N)c(F)c3)c2cc1C#N.COCCOc1cc2nccc(Oc3ccc(NC(=O)Nc4ccccc4F)c(F)c3)c2cc1C#N. The number of aromatic nitrogens is 2. The smallest absolute Gasteiger partial charge is 0.323 e. The van der Waals surface area contributed by atoms with Crippen molar-refractivity contribution in [2.24, 2.45) is 0 Å². The minimum atomic E-state index is -0.805. The van der Waals surface area contributed by atoms with Gasteiger partial charge >= 0.3 is 6.03 Å². The summed E-state index contributed by atoms with van der Waals surface area (Å²) in [6.07, 6.45) is 3.08. The third-order valence-corrected chi connectivity index (χ3v) is 8.68. The Labute approximate surface area is 352 Å². The van der Waals surface area contributed by atoms with Gasteiger partial charge in [0.2, 0.25) is 0 Å². The van der Waals surface area contributed by atoms with Crippen LogP contribution >= 0.6 is 0 Å². The minimum absolute atomic E-state index is 0.0380. The summed E-state index contributed by atoms with van der Waals surface area (Å²) in [6.45, 7) is 1.35. The van der Waals surface area contributed by atoms with Crippen molar-refractivity contribution in [3.8, 4) is 46.6 Å². The number of hydrogen-bond acceptors (Lipinski definition) is 12. The molecule has 2 aromatic heterocycles. The maximum Gasteiger partial charge on any atom is 0.323 e. The molecule has 2 heterocycles. The fourth-order valence-corrected chi connectivity index (χ4v) is 5.68. The van der Waals surface area contributed by atoms with Crippen LogP contribution in [-0.4, -0.2) is 56.6 Å². The second kappa shape index (κ2) is 20.7. The van der Waals surface area contributed by atoms with Crippen LogP contribution in [0.4, 0.5) is 35.0 Å². The third kappa shape index (κ3) is 10.9. The lowest BCUT2D eigenvalue weighted by Gasteiger charge is -2.13. The zero-order valence-corrected chi connectivity index (χ0v) is 33.1. The molecule has 0 saturated carbocycles. The number of nitriles is 2. The van der Waals surface area contributed by atoms with Crippen LogP contribution < -0.4 is 35.3 Å². The fraction of sp³-hybridized carbons (Fsp3) is 0.133. The van der Waals surface area contributed by atoms with E-state index in [9.17, 15) is 28.5 Å². The first-order chi connectivity index (χ1) is 30.1. The van der Waals surface area contributed by atoms with E-state index in [0.717, 1.165) is 6.07 Å². The number of hydrogen-bond donors (Lipinski definition) is 3. The van der Waals surface area contributed by atoms with Gasteiger partial charge in [-0.1, -0.05) is 12.1 Å². The fourth-order valence-electron chi connectivity index (χ4n) is 5.68. The van der Waals surface area contributed by atoms with Crippen molar-refractivity contribution < 1.29 is 46.4 Å². The Morgan fingerprint density at radius 3 is 1.60 bits per heavy atom. The summed E-state index contributed by atoms with van der Waals surface area (Å²) in [5.74, 6) is 0.0730. The zero-order chi connectivity index (χ0) is 44.0. The molecule has 0 saturated heterocycles. The zero-order valence-electron chi connectivity index (χ0n) is 33.1. The number of halogens is 3. The number of nitrogens with one attached hydrogen (secondary N) is 2. The van der Waals surface area contributed by atoms with Crippen LogP contribution in [0.2, 0.25) is 0 Å². The molecule has 4 N–H and O–H groups in total. The highest BCUT2D eigenvalue weighted by molar-refractivity contribution is 6.00. The second-order valence-corrected chi connectivity index (χ2v) is 12.8. The van der Waals surface area contributed by atoms with E-state index in [-0.39, 0.29) is 35.0 Å². The van der Waals surface area contributed by atoms with E-state index in [4.69, 9.17) is 34.2 Å². The lowest BCUT2D eigenvalue weighted by molar-refractivity contribution is 0.146. The monoisotopic (exact) mass is 843 g/mol. The molecule has 314 valence electrons. The Morgan fingerprint density at radius 2 is 1.11 bits per heavy atom. The summed E-state index contributed by atoms with van der Waals surface area (Å²) >= 11 is 0. The Bertz CT molecular complexity index is 2820. The molecule has 0 bridgehead atoms. The molecule has 7 rings (SSSR count). The van der Waals surface area contributed by atoms with Crippen LogP contribution in [0.15, 0.2) is 109 Å². The molecule has 0 fully saturated rings. The van der Waals surface area contributed by atoms with E-state index in [0.29, 0.717) is 75.9 Å². The van der Waals surface area contributed by atoms with E-state index >= 15 is 0 Å². The second-order valence-electron chi connectivity index (χ2n) is 12.8. The number of rotatable bonds is 14. The molecule has 17 heteroatoms. The van der Waals surface area contributed by atoms with Gasteiger partial charge in [0.25, 0.3) is 0 Å². The van der Waals surface area contributed by atoms with Crippen LogP contribution in [0.5, 0.6) is 34.5 Å². The summed E-state index contributed by atoms with van der Waals surface area (Å²) in [6, 6.07) is 26.8. The number of carbonyl (C=O) groups is 1. The van der Waals surface area contributed by atoms with Gasteiger partial charge in [0.1, 0.15) is 77.3 Å². The van der Waals surface area contributed by atoms with Crippen LogP contribution in [0.3, 0.4) is 0 Å². The predicted octanol–water partition coefficient (Wildman–Crippen LogP) is 9.49. The number of carbonyl (C=O) groups excluding carboxylic acids is 1. The van der Waals surface area contributed by atoms with Gasteiger partial charge in [-0.15, -0.1) is 0 Å². The molecule has 2 amide bonds. The lowest BCUT2D eigenvalue weighted by Crippen LogP contribution is -2.20. The van der Waals surface area contributed by atoms with Crippen molar-refractivity contribution >= 4 is 44.9 Å². The van der Waals surface area contributed by atoms with Gasteiger partial charge in [-0.25, -0.2) is 18.0 Å². The number of anilines is 3. The molecule has 0 aliphatic carbocycles. The average Bonchev–Trinajstić information content (AvgIpc) is 3.27. The maximum atomic E-state index is 14.7. The number of ether oxygens (including phenoxy) is 6. The summed E-state index contributed by atoms with van der Waals surface area (Å²) in [7, 11) is 3.12. The molecule has 0 unspecified atom stereocenters. The van der Waals surface area contributed by atoms with E-state index in [1.807, 2.05) is 0 Å². The largest absolute Gasteiger partial charge is 0.490 e. The van der Waals surface area contributed by atoms with Crippen molar-refractivity contribution in [3.63, 3.8) is 0 Å². The van der Waals surface area contributed by atoms with Gasteiger partial charge < -0.3 is 44.8 Å². The van der Waals surface area contributed by atoms with E-state index in [2.05, 4.69) is 32.7 Å². The van der Waals surface area contributed by atoms with Crippen molar-refractivity contribution in [2.75, 3.05) is 57.0 Å². The number of urea groups is 1. The molecular formula is C45H36F3N7O7. The van der Waals surface area contributed by atoms with Gasteiger partial charge in [-0.2, -0.15) is 10.5 Å². The summed E-state index contributed by atoms with van der Waals surface area (Å²) in [5, 5.41) is 24.7. The van der Waals surface area contributed by atoms with E-state index in [1.165, 1.54) is 48.7 Å². The number of nitrogen functional groups attached to an aromatic ring is 1. The van der Waals surface area contributed by atoms with Crippen molar-refractivity contribution in [1.82, 2.24) is 9.97 Å². The van der Waals surface area contributed by atoms with Gasteiger partial charge in [0.15, 0.2) is 0 Å². The van der Waals surface area contributed by atoms with Gasteiger partial charge in [0.05, 0.1) is 52.4 Å². The molecule has 0 radical (unpaired) electrons. The molecule has 5 aromatic carbocycles. The van der Waals surface area contributed by atoms with Crippen molar-refractivity contribution in [1.29, 1.82) is 10.5 Å². The standard InChI is InChI=1S/C26H20F2N4O4.C19H16FN3O3/c1-34-10-11-35-25-14-23-18(12-16(25)15-29)24(8-9-30-23)36-17-6-7-22(20(28)13-17)32-26(33)31-21-5-3-2-4-19(21)27;1-24-6-7-25-19-10-17-14(8-12(19)11-21)18(4-5-23-17)26-13-2-3-16(22)15(20)9-13/h2-9,12-14H,10-11H2,1H3,(H2,31,32,33);2-5,8-10H,6-7,22H2,1H3. The van der Waals surface area contributed by atoms with Crippen molar-refractivity contribution in [3.05, 3.63) is 138 Å². The molecule has 14 nitrogen and oxygen atoms in total. The Balaban J connectivity index is 0.000000218. The summed E-state index contributed by atoms with van der Waals surface area (Å²) in [5.41, 5.74) is 7.09. The highest BCUT2D eigenvalue weighted by Gasteiger charge is 2.15. The van der Waals surface area contributed by atoms with Gasteiger partial charge in [0, 0.05) is 61.7 Å². The first-order valence-electron chi connectivity index (χ1n) is 18.5. The number of methoxy groups -OCH3 is 2. The molecule has 0 spiro atoms. The Kier molecular flexibility index (Phi) is 14.5. The van der Waals surface area contributed by atoms with Crippen LogP contribution in [0.25, 0.3) is 21.8 Å². The quantitative estimate of drug-likeness (QED) is 0.0694. The number of benzene rings is 5. The molecule has 0 aliphatic rings. The summed E-state index contributed by atoms with van der Waals surface area (Å²) < 4.78 is 74.7. The number of pyridine rings is 2.